The lowest BCUT2D eigenvalue weighted by Gasteiger charge is -2.10. The van der Waals surface area contributed by atoms with Gasteiger partial charge < -0.3 is 10.5 Å². The van der Waals surface area contributed by atoms with Crippen LogP contribution in [0.2, 0.25) is 0 Å². The number of hydrogen-bond donors (Lipinski definition) is 2. The molecule has 2 aromatic carbocycles. The SMILES string of the molecule is Nc1ccccc1OCCNS(=O)(=O)c1ccc(Br)cc1. The average Bonchev–Trinajstić information content (AvgIpc) is 2.46. The van der Waals surface area contributed by atoms with Gasteiger partial charge in [-0.15, -0.1) is 0 Å². The molecule has 0 fully saturated rings. The number of benzene rings is 2. The first-order valence-electron chi connectivity index (χ1n) is 6.21. The Kier molecular flexibility index (Phi) is 5.22. The fourth-order valence-corrected chi connectivity index (χ4v) is 2.92. The summed E-state index contributed by atoms with van der Waals surface area (Å²) in [6.07, 6.45) is 0. The molecule has 0 atom stereocenters. The van der Waals surface area contributed by atoms with Gasteiger partial charge in [0.15, 0.2) is 0 Å². The zero-order valence-corrected chi connectivity index (χ0v) is 13.5. The summed E-state index contributed by atoms with van der Waals surface area (Å²) in [6, 6.07) is 13.5. The van der Waals surface area contributed by atoms with Crippen LogP contribution in [0.4, 0.5) is 5.69 Å². The third-order valence-corrected chi connectivity index (χ3v) is 4.70. The Morgan fingerprint density at radius 2 is 1.76 bits per heavy atom. The standard InChI is InChI=1S/C14H15BrN2O3S/c15-11-5-7-12(8-6-11)21(18,19)17-9-10-20-14-4-2-1-3-13(14)16/h1-8,17H,9-10,16H2. The smallest absolute Gasteiger partial charge is 0.240 e. The predicted octanol–water partition coefficient (Wildman–Crippen LogP) is 2.39. The highest BCUT2D eigenvalue weighted by Gasteiger charge is 2.12. The van der Waals surface area contributed by atoms with Crippen LogP contribution in [0, 0.1) is 0 Å². The molecule has 2 rings (SSSR count). The summed E-state index contributed by atoms with van der Waals surface area (Å²) in [5.74, 6) is 0.542. The van der Waals surface area contributed by atoms with E-state index in [1.165, 1.54) is 12.1 Å². The van der Waals surface area contributed by atoms with Crippen LogP contribution < -0.4 is 15.2 Å². The number of halogens is 1. The van der Waals surface area contributed by atoms with Crippen molar-refractivity contribution in [2.75, 3.05) is 18.9 Å². The zero-order valence-electron chi connectivity index (χ0n) is 11.1. The minimum atomic E-state index is -3.52. The molecule has 0 aliphatic heterocycles. The molecule has 0 unspecified atom stereocenters. The van der Waals surface area contributed by atoms with Gasteiger partial charge >= 0.3 is 0 Å². The number of sulfonamides is 1. The van der Waals surface area contributed by atoms with E-state index in [1.54, 1.807) is 36.4 Å². The lowest BCUT2D eigenvalue weighted by atomic mass is 10.3. The van der Waals surface area contributed by atoms with E-state index >= 15 is 0 Å². The van der Waals surface area contributed by atoms with Crippen LogP contribution >= 0.6 is 15.9 Å². The van der Waals surface area contributed by atoms with Crippen LogP contribution in [0.25, 0.3) is 0 Å². The second-order valence-electron chi connectivity index (χ2n) is 4.24. The highest BCUT2D eigenvalue weighted by Crippen LogP contribution is 2.19. The number of para-hydroxylation sites is 2. The third kappa shape index (κ3) is 4.45. The van der Waals surface area contributed by atoms with Crippen molar-refractivity contribution in [2.24, 2.45) is 0 Å². The number of anilines is 1. The van der Waals surface area contributed by atoms with Crippen LogP contribution in [0.15, 0.2) is 57.9 Å². The van der Waals surface area contributed by atoms with E-state index in [9.17, 15) is 8.42 Å². The van der Waals surface area contributed by atoms with Gasteiger partial charge in [0.2, 0.25) is 10.0 Å². The van der Waals surface area contributed by atoms with E-state index < -0.39 is 10.0 Å². The third-order valence-electron chi connectivity index (χ3n) is 2.69. The van der Waals surface area contributed by atoms with Crippen molar-refractivity contribution in [3.05, 3.63) is 53.0 Å². The Hall–Kier alpha value is -1.57. The van der Waals surface area contributed by atoms with E-state index in [1.807, 2.05) is 0 Å². The van der Waals surface area contributed by atoms with Gasteiger partial charge in [-0.2, -0.15) is 0 Å². The summed E-state index contributed by atoms with van der Waals surface area (Å²) in [7, 11) is -3.52. The van der Waals surface area contributed by atoms with Gasteiger partial charge in [-0.05, 0) is 36.4 Å². The number of nitrogens with two attached hydrogens (primary N) is 1. The van der Waals surface area contributed by atoms with Crippen molar-refractivity contribution in [1.29, 1.82) is 0 Å². The maximum absolute atomic E-state index is 12.0. The fourth-order valence-electron chi connectivity index (χ4n) is 1.65. The molecule has 0 saturated carbocycles. The van der Waals surface area contributed by atoms with Crippen LogP contribution in [0.1, 0.15) is 0 Å². The molecule has 0 saturated heterocycles. The van der Waals surface area contributed by atoms with Crippen LogP contribution in [0.5, 0.6) is 5.75 Å². The number of rotatable bonds is 6. The highest BCUT2D eigenvalue weighted by atomic mass is 79.9. The minimum absolute atomic E-state index is 0.159. The Morgan fingerprint density at radius 3 is 2.43 bits per heavy atom. The van der Waals surface area contributed by atoms with Crippen LogP contribution in [-0.2, 0) is 10.0 Å². The van der Waals surface area contributed by atoms with Crippen molar-refractivity contribution in [3.8, 4) is 5.75 Å². The Labute approximate surface area is 132 Å². The fraction of sp³-hybridized carbons (Fsp3) is 0.143. The molecule has 112 valence electrons. The molecule has 21 heavy (non-hydrogen) atoms. The normalized spacial score (nSPS) is 11.3. The molecular weight excluding hydrogens is 356 g/mol. The van der Waals surface area contributed by atoms with Gasteiger partial charge in [-0.25, -0.2) is 13.1 Å². The van der Waals surface area contributed by atoms with Crippen molar-refractivity contribution in [1.82, 2.24) is 4.72 Å². The quantitative estimate of drug-likeness (QED) is 0.604. The summed E-state index contributed by atoms with van der Waals surface area (Å²) in [4.78, 5) is 0.213. The van der Waals surface area contributed by atoms with Crippen molar-refractivity contribution in [2.45, 2.75) is 4.90 Å². The second kappa shape index (κ2) is 6.93. The molecule has 0 radical (unpaired) electrons. The molecule has 0 bridgehead atoms. The lowest BCUT2D eigenvalue weighted by molar-refractivity contribution is 0.324. The van der Waals surface area contributed by atoms with Crippen LogP contribution in [-0.4, -0.2) is 21.6 Å². The van der Waals surface area contributed by atoms with E-state index in [0.29, 0.717) is 11.4 Å². The van der Waals surface area contributed by atoms with Crippen molar-refractivity contribution in [3.63, 3.8) is 0 Å². The first-order valence-corrected chi connectivity index (χ1v) is 8.49. The maximum atomic E-state index is 12.0. The molecule has 2 aromatic rings. The molecule has 5 nitrogen and oxygen atoms in total. The van der Waals surface area contributed by atoms with Gasteiger partial charge in [-0.3, -0.25) is 0 Å². The minimum Gasteiger partial charge on any atom is -0.490 e. The lowest BCUT2D eigenvalue weighted by Crippen LogP contribution is -2.28. The van der Waals surface area contributed by atoms with E-state index in [0.717, 1.165) is 4.47 Å². The Morgan fingerprint density at radius 1 is 1.10 bits per heavy atom. The van der Waals surface area contributed by atoms with Gasteiger partial charge in [-0.1, -0.05) is 28.1 Å². The topological polar surface area (TPSA) is 81.4 Å². The van der Waals surface area contributed by atoms with Gasteiger partial charge in [0.1, 0.15) is 12.4 Å². The number of nitrogens with one attached hydrogen (secondary N) is 1. The average molecular weight is 371 g/mol. The van der Waals surface area contributed by atoms with Crippen molar-refractivity contribution >= 4 is 31.6 Å². The van der Waals surface area contributed by atoms with Gasteiger partial charge in [0.25, 0.3) is 0 Å². The first kappa shape index (κ1) is 15.8. The molecule has 0 heterocycles. The van der Waals surface area contributed by atoms with E-state index in [2.05, 4.69) is 20.7 Å². The molecule has 3 N–H and O–H groups in total. The summed E-state index contributed by atoms with van der Waals surface area (Å²) >= 11 is 3.26. The first-order chi connectivity index (χ1) is 9.99. The van der Waals surface area contributed by atoms with E-state index in [-0.39, 0.29) is 18.0 Å². The summed E-state index contributed by atoms with van der Waals surface area (Å²) < 4.78 is 32.8. The summed E-state index contributed by atoms with van der Waals surface area (Å²) in [5.41, 5.74) is 6.25. The molecular formula is C14H15BrN2O3S. The molecule has 0 aliphatic carbocycles. The predicted molar refractivity (Wildman–Crippen MR) is 85.7 cm³/mol. The Bertz CT molecular complexity index is 702. The monoisotopic (exact) mass is 370 g/mol. The second-order valence-corrected chi connectivity index (χ2v) is 6.92. The molecule has 0 aromatic heterocycles. The summed E-state index contributed by atoms with van der Waals surface area (Å²) in [6.45, 7) is 0.358. The molecule has 0 amide bonds. The van der Waals surface area contributed by atoms with Crippen LogP contribution in [0.3, 0.4) is 0 Å². The molecule has 0 spiro atoms. The number of nitrogen functional groups attached to an aromatic ring is 1. The Balaban J connectivity index is 1.88. The largest absolute Gasteiger partial charge is 0.490 e. The summed E-state index contributed by atoms with van der Waals surface area (Å²) in [5, 5.41) is 0. The highest BCUT2D eigenvalue weighted by molar-refractivity contribution is 9.10. The van der Waals surface area contributed by atoms with Gasteiger partial charge in [0, 0.05) is 11.0 Å². The van der Waals surface area contributed by atoms with E-state index in [4.69, 9.17) is 10.5 Å². The zero-order chi connectivity index (χ0) is 15.3. The maximum Gasteiger partial charge on any atom is 0.240 e. The number of ether oxygens (including phenoxy) is 1. The number of hydrogen-bond acceptors (Lipinski definition) is 4. The van der Waals surface area contributed by atoms with Gasteiger partial charge in [0.05, 0.1) is 10.6 Å². The molecule has 0 aliphatic rings. The van der Waals surface area contributed by atoms with Crippen molar-refractivity contribution < 1.29 is 13.2 Å². The molecule has 7 heteroatoms.